The molecule has 0 spiro atoms. The van der Waals surface area contributed by atoms with Crippen LogP contribution in [-0.2, 0) is 14.6 Å². The van der Waals surface area contributed by atoms with E-state index in [2.05, 4.69) is 0 Å². The average Bonchev–Trinajstić information content (AvgIpc) is 2.26. The van der Waals surface area contributed by atoms with Gasteiger partial charge in [-0.25, -0.2) is 8.42 Å². The van der Waals surface area contributed by atoms with Crippen LogP contribution in [0, 0.1) is 0 Å². The van der Waals surface area contributed by atoms with Gasteiger partial charge in [-0.15, -0.1) is 0 Å². The van der Waals surface area contributed by atoms with Crippen LogP contribution in [0.15, 0.2) is 40.1 Å². The number of hydrogen-bond donors (Lipinski definition) is 0. The van der Waals surface area contributed by atoms with E-state index in [0.717, 1.165) is 5.41 Å². The number of carbonyl (C=O) groups excluding carboxylic acids is 2. The molecule has 0 amide bonds. The van der Waals surface area contributed by atoms with Gasteiger partial charge in [0.15, 0.2) is 5.78 Å². The quantitative estimate of drug-likeness (QED) is 0.722. The Labute approximate surface area is 92.5 Å². The summed E-state index contributed by atoms with van der Waals surface area (Å²) in [5.41, 5.74) is 0.163. The van der Waals surface area contributed by atoms with E-state index < -0.39 is 15.6 Å². The van der Waals surface area contributed by atoms with E-state index in [1.54, 1.807) is 12.1 Å². The molecule has 0 bridgehead atoms. The molecule has 1 aliphatic heterocycles. The highest BCUT2D eigenvalue weighted by molar-refractivity contribution is 7.94. The van der Waals surface area contributed by atoms with Gasteiger partial charge in [0.05, 0.1) is 4.90 Å². The van der Waals surface area contributed by atoms with E-state index >= 15 is 0 Å². The van der Waals surface area contributed by atoms with Crippen LogP contribution >= 0.6 is 0 Å². The van der Waals surface area contributed by atoms with E-state index in [0.29, 0.717) is 6.29 Å². The molecule has 0 atom stereocenters. The molecule has 0 N–H and O–H groups in total. The van der Waals surface area contributed by atoms with Gasteiger partial charge in [-0.1, -0.05) is 12.1 Å². The zero-order chi connectivity index (χ0) is 11.8. The molecule has 0 saturated carbocycles. The molecule has 0 saturated heterocycles. The molecule has 1 heterocycles. The van der Waals surface area contributed by atoms with Gasteiger partial charge < -0.3 is 4.79 Å². The van der Waals surface area contributed by atoms with Crippen molar-refractivity contribution in [1.82, 2.24) is 0 Å². The lowest BCUT2D eigenvalue weighted by Crippen LogP contribution is -2.17. The molecule has 1 aromatic carbocycles. The highest BCUT2D eigenvalue weighted by Gasteiger charge is 2.28. The first-order valence-electron chi connectivity index (χ1n) is 4.59. The van der Waals surface area contributed by atoms with Crippen LogP contribution in [-0.4, -0.2) is 20.5 Å². The second-order valence-electron chi connectivity index (χ2n) is 3.38. The summed E-state index contributed by atoms with van der Waals surface area (Å²) in [4.78, 5) is 22.2. The first-order valence-corrected chi connectivity index (χ1v) is 6.14. The van der Waals surface area contributed by atoms with Crippen LogP contribution in [0.3, 0.4) is 0 Å². The van der Waals surface area contributed by atoms with Gasteiger partial charge in [0, 0.05) is 23.0 Å². The van der Waals surface area contributed by atoms with Gasteiger partial charge in [-0.2, -0.15) is 0 Å². The van der Waals surface area contributed by atoms with Gasteiger partial charge in [0.1, 0.15) is 6.29 Å². The monoisotopic (exact) mass is 236 g/mol. The van der Waals surface area contributed by atoms with Crippen LogP contribution in [0.1, 0.15) is 16.8 Å². The molecule has 0 fully saturated rings. The van der Waals surface area contributed by atoms with Crippen molar-refractivity contribution in [2.75, 3.05) is 0 Å². The fourth-order valence-electron chi connectivity index (χ4n) is 1.61. The van der Waals surface area contributed by atoms with E-state index in [-0.39, 0.29) is 22.5 Å². The summed E-state index contributed by atoms with van der Waals surface area (Å²) in [6.07, 6.45) is 0.347. The Balaban J connectivity index is 2.69. The van der Waals surface area contributed by atoms with Crippen molar-refractivity contribution in [3.63, 3.8) is 0 Å². The number of Topliss-reactive ketones (excluding diaryl/α,β-unsaturated/α-hetero) is 1. The van der Waals surface area contributed by atoms with Gasteiger partial charge in [-0.05, 0) is 12.1 Å². The van der Waals surface area contributed by atoms with Crippen molar-refractivity contribution in [2.45, 2.75) is 11.3 Å². The maximum absolute atomic E-state index is 11.8. The van der Waals surface area contributed by atoms with Crippen molar-refractivity contribution < 1.29 is 18.0 Å². The SMILES string of the molecule is O=CCC1=CS(=O)(=O)c2ccccc2C1=O. The van der Waals surface area contributed by atoms with Crippen molar-refractivity contribution in [1.29, 1.82) is 0 Å². The van der Waals surface area contributed by atoms with Crippen molar-refractivity contribution >= 4 is 21.9 Å². The lowest BCUT2D eigenvalue weighted by molar-refractivity contribution is -0.107. The van der Waals surface area contributed by atoms with Crippen LogP contribution in [0.25, 0.3) is 0 Å². The van der Waals surface area contributed by atoms with Crippen molar-refractivity contribution in [2.24, 2.45) is 0 Å². The smallest absolute Gasteiger partial charge is 0.200 e. The van der Waals surface area contributed by atoms with Gasteiger partial charge in [0.2, 0.25) is 9.84 Å². The van der Waals surface area contributed by atoms with Crippen molar-refractivity contribution in [3.8, 4) is 0 Å². The second kappa shape index (κ2) is 3.68. The molecule has 4 nitrogen and oxygen atoms in total. The van der Waals surface area contributed by atoms with Crippen molar-refractivity contribution in [3.05, 3.63) is 40.8 Å². The highest BCUT2D eigenvalue weighted by Crippen LogP contribution is 2.27. The second-order valence-corrected chi connectivity index (χ2v) is 5.15. The molecular weight excluding hydrogens is 228 g/mol. The Morgan fingerprint density at radius 2 is 1.88 bits per heavy atom. The normalized spacial score (nSPS) is 17.5. The Morgan fingerprint density at radius 3 is 2.56 bits per heavy atom. The molecule has 0 aliphatic carbocycles. The molecule has 1 aromatic rings. The summed E-state index contributed by atoms with van der Waals surface area (Å²) in [6, 6.07) is 5.99. The molecule has 1 aliphatic rings. The molecule has 2 rings (SSSR count). The van der Waals surface area contributed by atoms with E-state index in [1.807, 2.05) is 0 Å². The number of aldehydes is 1. The first-order chi connectivity index (χ1) is 7.56. The summed E-state index contributed by atoms with van der Waals surface area (Å²) in [6.45, 7) is 0. The maximum atomic E-state index is 11.8. The predicted octanol–water partition coefficient (Wildman–Crippen LogP) is 1.13. The molecule has 0 radical (unpaired) electrons. The van der Waals surface area contributed by atoms with Gasteiger partial charge in [0.25, 0.3) is 0 Å². The average molecular weight is 236 g/mol. The number of allylic oxidation sites excluding steroid dienone is 1. The molecule has 0 unspecified atom stereocenters. The number of sulfone groups is 1. The summed E-state index contributed by atoms with van der Waals surface area (Å²) >= 11 is 0. The largest absolute Gasteiger partial charge is 0.303 e. The lowest BCUT2D eigenvalue weighted by Gasteiger charge is -2.14. The van der Waals surface area contributed by atoms with E-state index in [1.165, 1.54) is 12.1 Å². The third-order valence-electron chi connectivity index (χ3n) is 2.33. The molecular formula is C11H8O4S. The van der Waals surface area contributed by atoms with Crippen LogP contribution in [0.4, 0.5) is 0 Å². The number of ketones is 1. The topological polar surface area (TPSA) is 68.3 Å². The number of carbonyl (C=O) groups is 2. The Morgan fingerprint density at radius 1 is 1.19 bits per heavy atom. The third kappa shape index (κ3) is 1.59. The minimum Gasteiger partial charge on any atom is -0.303 e. The summed E-state index contributed by atoms with van der Waals surface area (Å²) in [5, 5.41) is 0.881. The summed E-state index contributed by atoms with van der Waals surface area (Å²) in [5.74, 6) is -0.391. The fourth-order valence-corrected chi connectivity index (χ4v) is 3.05. The minimum atomic E-state index is -3.59. The van der Waals surface area contributed by atoms with Crippen LogP contribution in [0.2, 0.25) is 0 Å². The lowest BCUT2D eigenvalue weighted by atomic mass is 10.0. The van der Waals surface area contributed by atoms with E-state index in [9.17, 15) is 18.0 Å². The van der Waals surface area contributed by atoms with Crippen LogP contribution < -0.4 is 0 Å². The molecule has 5 heteroatoms. The molecule has 82 valence electrons. The first kappa shape index (κ1) is 10.8. The summed E-state index contributed by atoms with van der Waals surface area (Å²) < 4.78 is 23.5. The number of benzene rings is 1. The predicted molar refractivity (Wildman–Crippen MR) is 56.7 cm³/mol. The van der Waals surface area contributed by atoms with E-state index in [4.69, 9.17) is 0 Å². The fraction of sp³-hybridized carbons (Fsp3) is 0.0909. The van der Waals surface area contributed by atoms with Crippen LogP contribution in [0.5, 0.6) is 0 Å². The minimum absolute atomic E-state index is 0.00893. The highest BCUT2D eigenvalue weighted by atomic mass is 32.2. The third-order valence-corrected chi connectivity index (χ3v) is 3.89. The van der Waals surface area contributed by atoms with Gasteiger partial charge >= 0.3 is 0 Å². The summed E-state index contributed by atoms with van der Waals surface area (Å²) in [7, 11) is -3.59. The molecule has 0 aromatic heterocycles. The maximum Gasteiger partial charge on any atom is 0.200 e. The Kier molecular flexibility index (Phi) is 2.47. The zero-order valence-electron chi connectivity index (χ0n) is 8.21. The molecule has 16 heavy (non-hydrogen) atoms. The number of fused-ring (bicyclic) bond motifs is 1. The Hall–Kier alpha value is -1.75. The Bertz CT molecular complexity index is 596. The number of hydrogen-bond acceptors (Lipinski definition) is 4. The standard InChI is InChI=1S/C11H8O4S/c12-6-5-8-7-16(14,15)10-4-2-1-3-9(10)11(8)13/h1-4,6-7H,5H2. The zero-order valence-corrected chi connectivity index (χ0v) is 9.03. The number of rotatable bonds is 2. The van der Waals surface area contributed by atoms with Gasteiger partial charge in [-0.3, -0.25) is 4.79 Å².